The predicted octanol–water partition coefficient (Wildman–Crippen LogP) is 3.00. The molecule has 1 aliphatic heterocycles. The molecule has 0 saturated carbocycles. The third-order valence-electron chi connectivity index (χ3n) is 3.40. The number of hydrogen-bond donors (Lipinski definition) is 1. The fraction of sp³-hybridized carbons (Fsp3) is 0.462. The second-order valence-corrected chi connectivity index (χ2v) is 6.80. The first-order chi connectivity index (χ1) is 8.52. The fourth-order valence-corrected chi connectivity index (χ4v) is 3.62. The lowest BCUT2D eigenvalue weighted by molar-refractivity contribution is 0.0697. The number of halogens is 1. The molecular formula is C13H17BrN2OS. The molecule has 3 nitrogen and oxygen atoms in total. The molecule has 0 aliphatic carbocycles. The summed E-state index contributed by atoms with van der Waals surface area (Å²) in [4.78, 5) is 14.5. The number of benzene rings is 1. The van der Waals surface area contributed by atoms with Gasteiger partial charge >= 0.3 is 0 Å². The lowest BCUT2D eigenvalue weighted by Gasteiger charge is -2.37. The molecule has 5 heteroatoms. The lowest BCUT2D eigenvalue weighted by atomic mass is 10.1. The lowest BCUT2D eigenvalue weighted by Crippen LogP contribution is -2.48. The first-order valence-electron chi connectivity index (χ1n) is 5.99. The van der Waals surface area contributed by atoms with Gasteiger partial charge in [-0.15, -0.1) is 0 Å². The summed E-state index contributed by atoms with van der Waals surface area (Å²) >= 11 is 5.32. The van der Waals surface area contributed by atoms with E-state index in [0.717, 1.165) is 12.3 Å². The summed E-state index contributed by atoms with van der Waals surface area (Å²) in [6.45, 7) is 5.08. The predicted molar refractivity (Wildman–Crippen MR) is 81.0 cm³/mol. The van der Waals surface area contributed by atoms with E-state index in [0.29, 0.717) is 21.0 Å². The second-order valence-electron chi connectivity index (χ2n) is 4.52. The van der Waals surface area contributed by atoms with Gasteiger partial charge in [0, 0.05) is 29.3 Å². The summed E-state index contributed by atoms with van der Waals surface area (Å²) in [7, 11) is 0. The van der Waals surface area contributed by atoms with E-state index in [9.17, 15) is 4.79 Å². The van der Waals surface area contributed by atoms with Crippen molar-refractivity contribution in [1.29, 1.82) is 0 Å². The Morgan fingerprint density at radius 1 is 1.50 bits per heavy atom. The van der Waals surface area contributed by atoms with Gasteiger partial charge in [-0.3, -0.25) is 4.79 Å². The van der Waals surface area contributed by atoms with E-state index < -0.39 is 0 Å². The molecule has 1 amide bonds. The fourth-order valence-electron chi connectivity index (χ4n) is 2.09. The molecule has 1 fully saturated rings. The van der Waals surface area contributed by atoms with E-state index in [1.807, 2.05) is 28.8 Å². The average Bonchev–Trinajstić information content (AvgIpc) is 2.35. The summed E-state index contributed by atoms with van der Waals surface area (Å²) in [5.74, 6) is 1.06. The largest absolute Gasteiger partial charge is 0.398 e. The molecule has 0 spiro atoms. The Morgan fingerprint density at radius 3 is 2.94 bits per heavy atom. The van der Waals surface area contributed by atoms with E-state index in [-0.39, 0.29) is 11.9 Å². The van der Waals surface area contributed by atoms with Crippen LogP contribution in [0.2, 0.25) is 0 Å². The van der Waals surface area contributed by atoms with Crippen molar-refractivity contribution in [3.63, 3.8) is 0 Å². The number of hydrogen-bond acceptors (Lipinski definition) is 3. The molecule has 0 aromatic heterocycles. The molecule has 0 radical (unpaired) electrons. The maximum atomic E-state index is 12.6. The van der Waals surface area contributed by atoms with Gasteiger partial charge in [-0.2, -0.15) is 11.8 Å². The van der Waals surface area contributed by atoms with Gasteiger partial charge in [0.25, 0.3) is 5.91 Å². The highest BCUT2D eigenvalue weighted by Crippen LogP contribution is 2.29. The Hall–Kier alpha value is -0.680. The highest BCUT2D eigenvalue weighted by Gasteiger charge is 2.30. The SMILES string of the molecule is CC1SCCN(C(=O)c2cccc(N)c2Br)C1C. The molecule has 2 rings (SSSR count). The minimum absolute atomic E-state index is 0.0637. The van der Waals surface area contributed by atoms with Crippen LogP contribution in [0.15, 0.2) is 22.7 Å². The molecule has 1 heterocycles. The second kappa shape index (κ2) is 5.53. The van der Waals surface area contributed by atoms with Crippen molar-refractivity contribution in [2.45, 2.75) is 25.1 Å². The van der Waals surface area contributed by atoms with Crippen LogP contribution in [-0.4, -0.2) is 34.4 Å². The van der Waals surface area contributed by atoms with E-state index in [4.69, 9.17) is 5.73 Å². The van der Waals surface area contributed by atoms with Crippen molar-refractivity contribution in [3.05, 3.63) is 28.2 Å². The van der Waals surface area contributed by atoms with Gasteiger partial charge in [0.1, 0.15) is 0 Å². The Bertz CT molecular complexity index is 466. The summed E-state index contributed by atoms with van der Waals surface area (Å²) < 4.78 is 0.702. The number of amides is 1. The topological polar surface area (TPSA) is 46.3 Å². The molecule has 1 aliphatic rings. The Labute approximate surface area is 120 Å². The van der Waals surface area contributed by atoms with E-state index in [1.165, 1.54) is 0 Å². The van der Waals surface area contributed by atoms with Crippen molar-refractivity contribution in [1.82, 2.24) is 4.90 Å². The summed E-state index contributed by atoms with van der Waals surface area (Å²) in [6.07, 6.45) is 0. The van der Waals surface area contributed by atoms with E-state index >= 15 is 0 Å². The molecule has 18 heavy (non-hydrogen) atoms. The molecule has 2 unspecified atom stereocenters. The summed E-state index contributed by atoms with van der Waals surface area (Å²) in [5, 5.41) is 0.475. The van der Waals surface area contributed by atoms with Crippen molar-refractivity contribution in [2.24, 2.45) is 0 Å². The number of carbonyl (C=O) groups is 1. The van der Waals surface area contributed by atoms with Crippen LogP contribution in [0.5, 0.6) is 0 Å². The maximum absolute atomic E-state index is 12.6. The first kappa shape index (κ1) is 13.7. The minimum Gasteiger partial charge on any atom is -0.398 e. The molecule has 1 saturated heterocycles. The quantitative estimate of drug-likeness (QED) is 0.806. The van der Waals surface area contributed by atoms with Crippen molar-refractivity contribution in [2.75, 3.05) is 18.0 Å². The highest BCUT2D eigenvalue weighted by atomic mass is 79.9. The molecule has 2 N–H and O–H groups in total. The van der Waals surface area contributed by atoms with Gasteiger partial charge in [0.2, 0.25) is 0 Å². The van der Waals surface area contributed by atoms with Crippen LogP contribution in [0, 0.1) is 0 Å². The first-order valence-corrected chi connectivity index (χ1v) is 7.83. The van der Waals surface area contributed by atoms with Crippen molar-refractivity contribution >= 4 is 39.3 Å². The van der Waals surface area contributed by atoms with Crippen molar-refractivity contribution in [3.8, 4) is 0 Å². The number of thioether (sulfide) groups is 1. The smallest absolute Gasteiger partial charge is 0.255 e. The maximum Gasteiger partial charge on any atom is 0.255 e. The highest BCUT2D eigenvalue weighted by molar-refractivity contribution is 9.10. The Balaban J connectivity index is 2.28. The van der Waals surface area contributed by atoms with Gasteiger partial charge in [-0.1, -0.05) is 13.0 Å². The van der Waals surface area contributed by atoms with Gasteiger partial charge in [-0.25, -0.2) is 0 Å². The number of nitrogens with two attached hydrogens (primary N) is 1. The molecule has 2 atom stereocenters. The monoisotopic (exact) mass is 328 g/mol. The molecule has 98 valence electrons. The van der Waals surface area contributed by atoms with Gasteiger partial charge < -0.3 is 10.6 Å². The molecule has 1 aromatic rings. The zero-order valence-electron chi connectivity index (χ0n) is 10.5. The molecule has 1 aromatic carbocycles. The zero-order valence-corrected chi connectivity index (χ0v) is 12.9. The number of anilines is 1. The van der Waals surface area contributed by atoms with Crippen LogP contribution in [0.3, 0.4) is 0 Å². The van der Waals surface area contributed by atoms with Crippen LogP contribution in [0.25, 0.3) is 0 Å². The zero-order chi connectivity index (χ0) is 13.3. The summed E-state index contributed by atoms with van der Waals surface area (Å²) in [5.41, 5.74) is 7.09. The van der Waals surface area contributed by atoms with Crippen LogP contribution in [0.4, 0.5) is 5.69 Å². The third kappa shape index (κ3) is 2.52. The average molecular weight is 329 g/mol. The standard InChI is InChI=1S/C13H17BrN2OS/c1-8-9(2)18-7-6-16(8)13(17)10-4-3-5-11(15)12(10)14/h3-5,8-9H,6-7,15H2,1-2H3. The van der Waals surface area contributed by atoms with Crippen LogP contribution >= 0.6 is 27.7 Å². The van der Waals surface area contributed by atoms with Gasteiger partial charge in [0.15, 0.2) is 0 Å². The van der Waals surface area contributed by atoms with E-state index in [2.05, 4.69) is 29.8 Å². The number of nitrogens with zero attached hydrogens (tertiary/aromatic N) is 1. The molecular weight excluding hydrogens is 312 g/mol. The minimum atomic E-state index is 0.0637. The Kier molecular flexibility index (Phi) is 4.22. The van der Waals surface area contributed by atoms with Crippen LogP contribution < -0.4 is 5.73 Å². The van der Waals surface area contributed by atoms with Crippen LogP contribution in [0.1, 0.15) is 24.2 Å². The molecule has 0 bridgehead atoms. The third-order valence-corrected chi connectivity index (χ3v) is 5.63. The van der Waals surface area contributed by atoms with Gasteiger partial charge in [-0.05, 0) is 35.0 Å². The van der Waals surface area contributed by atoms with Crippen LogP contribution in [-0.2, 0) is 0 Å². The van der Waals surface area contributed by atoms with Gasteiger partial charge in [0.05, 0.1) is 10.0 Å². The number of nitrogen functional groups attached to an aromatic ring is 1. The number of carbonyl (C=O) groups excluding carboxylic acids is 1. The normalized spacial score (nSPS) is 24.1. The van der Waals surface area contributed by atoms with E-state index in [1.54, 1.807) is 6.07 Å². The summed E-state index contributed by atoms with van der Waals surface area (Å²) in [6, 6.07) is 5.69. The van der Waals surface area contributed by atoms with Crippen molar-refractivity contribution < 1.29 is 4.79 Å². The number of rotatable bonds is 1. The Morgan fingerprint density at radius 2 is 2.22 bits per heavy atom.